The predicted molar refractivity (Wildman–Crippen MR) is 74.4 cm³/mol. The lowest BCUT2D eigenvalue weighted by atomic mass is 9.93. The summed E-state index contributed by atoms with van der Waals surface area (Å²) in [6, 6.07) is 1.89. The Kier molecular flexibility index (Phi) is 2.86. The molecule has 0 bridgehead atoms. The van der Waals surface area contributed by atoms with Crippen LogP contribution in [0, 0.1) is 0 Å². The summed E-state index contributed by atoms with van der Waals surface area (Å²) < 4.78 is 10.7. The lowest BCUT2D eigenvalue weighted by molar-refractivity contribution is 0.0380. The summed E-state index contributed by atoms with van der Waals surface area (Å²) in [5.41, 5.74) is 8.39. The van der Waals surface area contributed by atoms with Crippen LogP contribution in [-0.2, 0) is 17.6 Å². The van der Waals surface area contributed by atoms with E-state index in [0.29, 0.717) is 10.6 Å². The Morgan fingerprint density at radius 1 is 1.47 bits per heavy atom. The lowest BCUT2D eigenvalue weighted by Crippen LogP contribution is -2.14. The Morgan fingerprint density at radius 2 is 2.26 bits per heavy atom. The summed E-state index contributed by atoms with van der Waals surface area (Å²) >= 11 is 1.47. The van der Waals surface area contributed by atoms with Gasteiger partial charge in [0.1, 0.15) is 16.3 Å². The number of carbonyl (C=O) groups excluding carboxylic acids is 1. The highest BCUT2D eigenvalue weighted by Crippen LogP contribution is 2.44. The van der Waals surface area contributed by atoms with E-state index in [1.165, 1.54) is 11.3 Å². The third kappa shape index (κ3) is 1.94. The van der Waals surface area contributed by atoms with Gasteiger partial charge in [0.25, 0.3) is 0 Å². The normalized spacial score (nSPS) is 13.2. The topological polar surface area (TPSA) is 65.5 Å². The lowest BCUT2D eigenvalue weighted by Gasteiger charge is -2.13. The molecule has 100 valence electrons. The first-order valence-electron chi connectivity index (χ1n) is 6.26. The molecule has 0 saturated carbocycles. The second-order valence-corrected chi connectivity index (χ2v) is 5.99. The van der Waals surface area contributed by atoms with Crippen molar-refractivity contribution in [3.8, 4) is 11.1 Å². The minimum absolute atomic E-state index is 0.158. The van der Waals surface area contributed by atoms with E-state index in [9.17, 15) is 4.79 Å². The molecule has 0 aliphatic heterocycles. The van der Waals surface area contributed by atoms with Crippen LogP contribution in [0.3, 0.4) is 0 Å². The van der Waals surface area contributed by atoms with E-state index in [1.54, 1.807) is 6.26 Å². The van der Waals surface area contributed by atoms with Gasteiger partial charge in [0.2, 0.25) is 0 Å². The van der Waals surface area contributed by atoms with Gasteiger partial charge in [-0.3, -0.25) is 0 Å². The molecule has 2 heterocycles. The van der Waals surface area contributed by atoms with Crippen LogP contribution in [0.2, 0.25) is 0 Å². The first-order valence-corrected chi connectivity index (χ1v) is 7.08. The Hall–Kier alpha value is -1.75. The second-order valence-electron chi connectivity index (χ2n) is 4.85. The molecule has 0 fully saturated rings. The number of aryl methyl sites for hydroxylation is 2. The summed E-state index contributed by atoms with van der Waals surface area (Å²) in [4.78, 5) is 13.4. The van der Waals surface area contributed by atoms with Gasteiger partial charge >= 0.3 is 5.97 Å². The van der Waals surface area contributed by atoms with Crippen molar-refractivity contribution < 1.29 is 13.9 Å². The molecule has 2 N–H and O–H groups in total. The summed E-state index contributed by atoms with van der Waals surface area (Å²) in [6.45, 7) is 3.66. The quantitative estimate of drug-likeness (QED) is 0.856. The molecule has 2 aromatic heterocycles. The number of carbonyl (C=O) groups is 1. The summed E-state index contributed by atoms with van der Waals surface area (Å²) in [6.07, 6.45) is 3.22. The van der Waals surface area contributed by atoms with Crippen molar-refractivity contribution in [2.75, 3.05) is 5.73 Å². The number of fused-ring (bicyclic) bond motifs is 3. The van der Waals surface area contributed by atoms with Crippen LogP contribution < -0.4 is 5.73 Å². The van der Waals surface area contributed by atoms with Gasteiger partial charge < -0.3 is 14.9 Å². The fourth-order valence-corrected chi connectivity index (χ4v) is 3.49. The maximum atomic E-state index is 12.2. The van der Waals surface area contributed by atoms with Gasteiger partial charge in [-0.25, -0.2) is 4.79 Å². The first-order chi connectivity index (χ1) is 9.08. The third-order valence-electron chi connectivity index (χ3n) is 3.15. The Balaban J connectivity index is 2.13. The maximum absolute atomic E-state index is 12.2. The van der Waals surface area contributed by atoms with E-state index in [-0.39, 0.29) is 12.1 Å². The van der Waals surface area contributed by atoms with Crippen molar-refractivity contribution in [2.24, 2.45) is 0 Å². The zero-order valence-electron chi connectivity index (χ0n) is 10.9. The van der Waals surface area contributed by atoms with E-state index < -0.39 is 0 Å². The number of esters is 1. The largest absolute Gasteiger partial charge is 0.469 e. The summed E-state index contributed by atoms with van der Waals surface area (Å²) in [5, 5.41) is 0.532. The average molecular weight is 277 g/mol. The van der Waals surface area contributed by atoms with Gasteiger partial charge in [-0.1, -0.05) is 0 Å². The van der Waals surface area contributed by atoms with Crippen molar-refractivity contribution in [3.63, 3.8) is 0 Å². The number of thiophene rings is 1. The van der Waals surface area contributed by atoms with Crippen LogP contribution in [0.15, 0.2) is 16.7 Å². The fourth-order valence-electron chi connectivity index (χ4n) is 2.42. The molecule has 2 aromatic rings. The molecule has 0 unspecified atom stereocenters. The van der Waals surface area contributed by atoms with Crippen molar-refractivity contribution in [1.82, 2.24) is 0 Å². The predicted octanol–water partition coefficient (Wildman–Crippen LogP) is 3.25. The number of furan rings is 1. The van der Waals surface area contributed by atoms with Crippen LogP contribution in [0.1, 0.15) is 34.8 Å². The van der Waals surface area contributed by atoms with Crippen LogP contribution in [0.4, 0.5) is 5.00 Å². The molecule has 0 atom stereocenters. The molecule has 3 rings (SSSR count). The first kappa shape index (κ1) is 12.3. The number of nitrogens with two attached hydrogens (primary N) is 1. The Bertz CT molecular complexity index is 639. The Morgan fingerprint density at radius 3 is 3.00 bits per heavy atom. The molecular weight excluding hydrogens is 262 g/mol. The standard InChI is InChI=1S/C14H15NO3S/c1-7(2)18-14(16)12-11-8-5-6-17-9(8)3-4-10(11)19-13(12)15/h5-7H,3-4,15H2,1-2H3. The van der Waals surface area contributed by atoms with Crippen molar-refractivity contribution in [3.05, 3.63) is 28.5 Å². The molecule has 19 heavy (non-hydrogen) atoms. The molecule has 0 amide bonds. The number of anilines is 1. The summed E-state index contributed by atoms with van der Waals surface area (Å²) in [5.74, 6) is 0.572. The van der Waals surface area contributed by atoms with Gasteiger partial charge in [0.05, 0.1) is 12.4 Å². The third-order valence-corrected chi connectivity index (χ3v) is 4.23. The Labute approximate surface area is 115 Å². The van der Waals surface area contributed by atoms with Crippen LogP contribution in [-0.4, -0.2) is 12.1 Å². The molecule has 0 spiro atoms. The van der Waals surface area contributed by atoms with Crippen molar-refractivity contribution in [1.29, 1.82) is 0 Å². The smallest absolute Gasteiger partial charge is 0.342 e. The maximum Gasteiger partial charge on any atom is 0.342 e. The van der Waals surface area contributed by atoms with Crippen molar-refractivity contribution >= 4 is 22.3 Å². The molecular formula is C14H15NO3S. The number of ether oxygens (including phenoxy) is 1. The highest BCUT2D eigenvalue weighted by Gasteiger charge is 2.30. The number of hydrogen-bond donors (Lipinski definition) is 1. The average Bonchev–Trinajstić information content (AvgIpc) is 2.89. The SMILES string of the molecule is CC(C)OC(=O)c1c(N)sc2c1-c1ccoc1CC2. The molecule has 5 heteroatoms. The van der Waals surface area contributed by atoms with Gasteiger partial charge in [-0.05, 0) is 26.3 Å². The van der Waals surface area contributed by atoms with Crippen LogP contribution in [0.25, 0.3) is 11.1 Å². The van der Waals surface area contributed by atoms with Crippen molar-refractivity contribution in [2.45, 2.75) is 32.8 Å². The van der Waals surface area contributed by atoms with E-state index in [2.05, 4.69) is 0 Å². The molecule has 0 aromatic carbocycles. The monoisotopic (exact) mass is 277 g/mol. The zero-order valence-corrected chi connectivity index (χ0v) is 11.7. The van der Waals surface area contributed by atoms with E-state index in [0.717, 1.165) is 34.6 Å². The van der Waals surface area contributed by atoms with E-state index in [1.807, 2.05) is 19.9 Å². The number of hydrogen-bond acceptors (Lipinski definition) is 5. The van der Waals surface area contributed by atoms with Crippen LogP contribution >= 0.6 is 11.3 Å². The van der Waals surface area contributed by atoms with Gasteiger partial charge in [0.15, 0.2) is 0 Å². The molecule has 4 nitrogen and oxygen atoms in total. The zero-order chi connectivity index (χ0) is 13.6. The van der Waals surface area contributed by atoms with Gasteiger partial charge in [-0.15, -0.1) is 11.3 Å². The molecule has 1 aliphatic rings. The number of rotatable bonds is 2. The highest BCUT2D eigenvalue weighted by atomic mass is 32.1. The number of nitrogen functional groups attached to an aromatic ring is 1. The van der Waals surface area contributed by atoms with Gasteiger partial charge in [0, 0.05) is 22.4 Å². The van der Waals surface area contributed by atoms with Gasteiger partial charge in [-0.2, -0.15) is 0 Å². The second kappa shape index (κ2) is 4.42. The minimum atomic E-state index is -0.348. The molecule has 0 radical (unpaired) electrons. The molecule has 0 saturated heterocycles. The fraction of sp³-hybridized carbons (Fsp3) is 0.357. The van der Waals surface area contributed by atoms with Crippen LogP contribution in [0.5, 0.6) is 0 Å². The summed E-state index contributed by atoms with van der Waals surface area (Å²) in [7, 11) is 0. The molecule has 1 aliphatic carbocycles. The highest BCUT2D eigenvalue weighted by molar-refractivity contribution is 7.17. The van der Waals surface area contributed by atoms with E-state index >= 15 is 0 Å². The van der Waals surface area contributed by atoms with E-state index in [4.69, 9.17) is 14.9 Å². The minimum Gasteiger partial charge on any atom is -0.469 e.